The lowest BCUT2D eigenvalue weighted by Gasteiger charge is -2.27. The van der Waals surface area contributed by atoms with Crippen molar-refractivity contribution in [3.05, 3.63) is 65.7 Å². The van der Waals surface area contributed by atoms with E-state index in [2.05, 4.69) is 5.32 Å². The summed E-state index contributed by atoms with van der Waals surface area (Å²) in [6, 6.07) is 13.0. The third kappa shape index (κ3) is 6.60. The molecule has 1 aliphatic rings. The molecule has 9 heteroatoms. The van der Waals surface area contributed by atoms with Crippen LogP contribution in [-0.2, 0) is 20.8 Å². The topological polar surface area (TPSA) is 124 Å². The highest BCUT2D eigenvalue weighted by atomic mass is 32.2. The summed E-state index contributed by atoms with van der Waals surface area (Å²) in [5.41, 5.74) is 1.22. The smallest absolute Gasteiger partial charge is 0.326 e. The van der Waals surface area contributed by atoms with Crippen LogP contribution in [0.25, 0.3) is 0 Å². The molecule has 1 saturated heterocycles. The number of phenols is 1. The van der Waals surface area contributed by atoms with Crippen molar-refractivity contribution >= 4 is 34.7 Å². The van der Waals surface area contributed by atoms with Gasteiger partial charge in [0.05, 0.1) is 0 Å². The minimum atomic E-state index is -1.18. The number of hydrogen-bond donors (Lipinski definition) is 3. The largest absolute Gasteiger partial charge is 0.508 e. The van der Waals surface area contributed by atoms with E-state index in [1.165, 1.54) is 17.0 Å². The van der Waals surface area contributed by atoms with E-state index in [4.69, 9.17) is 0 Å². The predicted molar refractivity (Wildman–Crippen MR) is 129 cm³/mol. The second-order valence-electron chi connectivity index (χ2n) is 8.33. The van der Waals surface area contributed by atoms with E-state index in [1.54, 1.807) is 43.3 Å². The van der Waals surface area contributed by atoms with Gasteiger partial charge < -0.3 is 20.4 Å². The maximum atomic E-state index is 13.0. The summed E-state index contributed by atoms with van der Waals surface area (Å²) in [6.07, 6.45) is 1.14. The zero-order chi connectivity index (χ0) is 24.7. The number of carbonyl (C=O) groups is 4. The second kappa shape index (κ2) is 11.7. The standard InChI is InChI=1S/C25H28N2O6S/c1-16(15-34-25(33)18-6-3-2-4-7-18)23(30)27-13-5-8-21(27)22(29)26-20(24(31)32)14-17-9-11-19(28)12-10-17/h2-4,6-7,9-12,16,20-21,28H,5,8,13-15H2,1H3,(H,26,29)(H,31,32)/t16-,20+,21+/m1/s1. The number of carbonyl (C=O) groups excluding carboxylic acids is 3. The van der Waals surface area contributed by atoms with Crippen molar-refractivity contribution in [2.24, 2.45) is 5.92 Å². The molecule has 0 aromatic heterocycles. The minimum absolute atomic E-state index is 0.0522. The monoisotopic (exact) mass is 484 g/mol. The Morgan fingerprint density at radius 3 is 2.41 bits per heavy atom. The van der Waals surface area contributed by atoms with Gasteiger partial charge in [0.25, 0.3) is 0 Å². The summed E-state index contributed by atoms with van der Waals surface area (Å²) >= 11 is 1.07. The summed E-state index contributed by atoms with van der Waals surface area (Å²) < 4.78 is 0. The number of rotatable bonds is 9. The molecule has 1 fully saturated rings. The van der Waals surface area contributed by atoms with Gasteiger partial charge in [-0.2, -0.15) is 0 Å². The average molecular weight is 485 g/mol. The van der Waals surface area contributed by atoms with Crippen LogP contribution in [0.4, 0.5) is 0 Å². The van der Waals surface area contributed by atoms with Crippen LogP contribution in [0.3, 0.4) is 0 Å². The summed E-state index contributed by atoms with van der Waals surface area (Å²) in [6.45, 7) is 2.14. The molecule has 0 radical (unpaired) electrons. The number of nitrogens with zero attached hydrogens (tertiary/aromatic N) is 1. The number of aromatic hydroxyl groups is 1. The molecule has 3 N–H and O–H groups in total. The summed E-state index contributed by atoms with van der Waals surface area (Å²) in [5, 5.41) is 21.4. The van der Waals surface area contributed by atoms with Gasteiger partial charge in [0.1, 0.15) is 17.8 Å². The van der Waals surface area contributed by atoms with Gasteiger partial charge in [0, 0.05) is 30.2 Å². The van der Waals surface area contributed by atoms with Gasteiger partial charge in [0.15, 0.2) is 0 Å². The SMILES string of the molecule is C[C@H](CSC(=O)c1ccccc1)C(=O)N1CCC[C@H]1C(=O)N[C@@H](Cc1ccc(O)cc1)C(=O)O. The van der Waals surface area contributed by atoms with Crippen molar-refractivity contribution in [3.8, 4) is 5.75 Å². The number of carboxylic acids is 1. The Balaban J connectivity index is 1.58. The summed E-state index contributed by atoms with van der Waals surface area (Å²) in [7, 11) is 0. The first kappa shape index (κ1) is 25.3. The molecule has 1 heterocycles. The van der Waals surface area contributed by atoms with Crippen LogP contribution in [0.2, 0.25) is 0 Å². The Hall–Kier alpha value is -3.33. The molecule has 2 amide bonds. The molecule has 3 rings (SSSR count). The van der Waals surface area contributed by atoms with Crippen molar-refractivity contribution in [2.45, 2.75) is 38.3 Å². The number of nitrogens with one attached hydrogen (secondary N) is 1. The lowest BCUT2D eigenvalue weighted by Crippen LogP contribution is -2.52. The summed E-state index contributed by atoms with van der Waals surface area (Å²) in [5.74, 6) is -2.03. The molecule has 8 nitrogen and oxygen atoms in total. The first-order valence-electron chi connectivity index (χ1n) is 11.1. The summed E-state index contributed by atoms with van der Waals surface area (Å²) in [4.78, 5) is 51.5. The quantitative estimate of drug-likeness (QED) is 0.500. The van der Waals surface area contributed by atoms with Crippen LogP contribution in [0.1, 0.15) is 35.7 Å². The number of aliphatic carboxylic acids is 1. The second-order valence-corrected chi connectivity index (χ2v) is 9.32. The van der Waals surface area contributed by atoms with E-state index in [-0.39, 0.29) is 28.9 Å². The zero-order valence-electron chi connectivity index (χ0n) is 18.8. The molecule has 3 atom stereocenters. The molecule has 0 bridgehead atoms. The van der Waals surface area contributed by atoms with Crippen molar-refractivity contribution in [2.75, 3.05) is 12.3 Å². The minimum Gasteiger partial charge on any atom is -0.508 e. The zero-order valence-corrected chi connectivity index (χ0v) is 19.7. The molecule has 180 valence electrons. The van der Waals surface area contributed by atoms with Crippen LogP contribution >= 0.6 is 11.8 Å². The Kier molecular flexibility index (Phi) is 8.70. The fourth-order valence-electron chi connectivity index (χ4n) is 3.85. The molecule has 2 aromatic carbocycles. The highest BCUT2D eigenvalue weighted by Crippen LogP contribution is 2.23. The van der Waals surface area contributed by atoms with Crippen molar-refractivity contribution in [1.82, 2.24) is 10.2 Å². The highest BCUT2D eigenvalue weighted by Gasteiger charge is 2.37. The van der Waals surface area contributed by atoms with Gasteiger partial charge in [-0.25, -0.2) is 4.79 Å². The van der Waals surface area contributed by atoms with Crippen LogP contribution in [-0.4, -0.2) is 62.4 Å². The predicted octanol–water partition coefficient (Wildman–Crippen LogP) is 2.70. The first-order chi connectivity index (χ1) is 16.3. The van der Waals surface area contributed by atoms with Gasteiger partial charge in [-0.05, 0) is 30.5 Å². The van der Waals surface area contributed by atoms with Crippen molar-refractivity contribution < 1.29 is 29.4 Å². The van der Waals surface area contributed by atoms with Gasteiger partial charge in [-0.15, -0.1) is 0 Å². The van der Waals surface area contributed by atoms with Gasteiger partial charge in [-0.1, -0.05) is 61.2 Å². The van der Waals surface area contributed by atoms with Gasteiger partial charge >= 0.3 is 5.97 Å². The molecule has 0 spiro atoms. The molecule has 2 aromatic rings. The van der Waals surface area contributed by atoms with E-state index in [0.29, 0.717) is 30.5 Å². The molecule has 34 heavy (non-hydrogen) atoms. The van der Waals surface area contributed by atoms with Crippen LogP contribution in [0.5, 0.6) is 5.75 Å². The fourth-order valence-corrected chi connectivity index (χ4v) is 4.70. The number of carboxylic acid groups (broad SMARTS) is 1. The van der Waals surface area contributed by atoms with E-state index in [1.807, 2.05) is 6.07 Å². The molecule has 0 unspecified atom stereocenters. The van der Waals surface area contributed by atoms with E-state index in [0.717, 1.165) is 11.8 Å². The number of hydrogen-bond acceptors (Lipinski definition) is 6. The van der Waals surface area contributed by atoms with Crippen molar-refractivity contribution in [3.63, 3.8) is 0 Å². The van der Waals surface area contributed by atoms with E-state index < -0.39 is 29.9 Å². The van der Waals surface area contributed by atoms with E-state index in [9.17, 15) is 29.4 Å². The first-order valence-corrected chi connectivity index (χ1v) is 12.1. The van der Waals surface area contributed by atoms with Crippen LogP contribution in [0, 0.1) is 5.92 Å². The lowest BCUT2D eigenvalue weighted by molar-refractivity contribution is -0.144. The molecular weight excluding hydrogens is 456 g/mol. The van der Waals surface area contributed by atoms with E-state index >= 15 is 0 Å². The molecule has 0 aliphatic carbocycles. The van der Waals surface area contributed by atoms with Gasteiger partial charge in [-0.3, -0.25) is 14.4 Å². The fraction of sp³-hybridized carbons (Fsp3) is 0.360. The average Bonchev–Trinajstić information content (AvgIpc) is 3.33. The maximum absolute atomic E-state index is 13.0. The Morgan fingerprint density at radius 1 is 1.09 bits per heavy atom. The number of thioether (sulfide) groups is 1. The number of phenolic OH excluding ortho intramolecular Hbond substituents is 1. The van der Waals surface area contributed by atoms with Crippen LogP contribution in [0.15, 0.2) is 54.6 Å². The third-order valence-corrected chi connectivity index (χ3v) is 6.89. The Morgan fingerprint density at radius 2 is 1.76 bits per heavy atom. The number of likely N-dealkylation sites (tertiary alicyclic amines) is 1. The van der Waals surface area contributed by atoms with Crippen LogP contribution < -0.4 is 5.32 Å². The Labute approximate surface area is 202 Å². The van der Waals surface area contributed by atoms with Crippen molar-refractivity contribution in [1.29, 1.82) is 0 Å². The molecule has 0 saturated carbocycles. The normalized spacial score (nSPS) is 17.1. The number of benzene rings is 2. The molecule has 1 aliphatic heterocycles. The highest BCUT2D eigenvalue weighted by molar-refractivity contribution is 8.14. The molecular formula is C25H28N2O6S. The number of amides is 2. The Bertz CT molecular complexity index is 1030. The lowest BCUT2D eigenvalue weighted by atomic mass is 10.0. The maximum Gasteiger partial charge on any atom is 0.326 e. The third-order valence-electron chi connectivity index (χ3n) is 5.72. The van der Waals surface area contributed by atoms with Gasteiger partial charge in [0.2, 0.25) is 16.9 Å².